The van der Waals surface area contributed by atoms with Crippen LogP contribution in [0.1, 0.15) is 21.7 Å². The molecule has 0 fully saturated rings. The summed E-state index contributed by atoms with van der Waals surface area (Å²) in [7, 11) is 4.56. The quantitative estimate of drug-likeness (QED) is 0.499. The zero-order chi connectivity index (χ0) is 22.9. The fraction of sp³-hybridized carbons (Fsp3) is 0.167. The molecule has 0 bridgehead atoms. The molecule has 8 nitrogen and oxygen atoms in total. The molecule has 0 spiro atoms. The van der Waals surface area contributed by atoms with Crippen LogP contribution in [0.15, 0.2) is 71.0 Å². The Kier molecular flexibility index (Phi) is 7.53. The van der Waals surface area contributed by atoms with Gasteiger partial charge in [0.15, 0.2) is 11.5 Å². The number of carbonyl (C=O) groups excluding carboxylic acids is 2. The second-order valence-electron chi connectivity index (χ2n) is 6.62. The molecule has 2 N–H and O–H groups in total. The van der Waals surface area contributed by atoms with Gasteiger partial charge in [0.2, 0.25) is 0 Å². The Balaban J connectivity index is 1.84. The topological polar surface area (TPSA) is 99.0 Å². The Labute approximate surface area is 185 Å². The lowest BCUT2D eigenvalue weighted by Crippen LogP contribution is -2.34. The van der Waals surface area contributed by atoms with Gasteiger partial charge in [0.1, 0.15) is 17.2 Å². The van der Waals surface area contributed by atoms with Gasteiger partial charge in [-0.15, -0.1) is 0 Å². The zero-order valence-corrected chi connectivity index (χ0v) is 18.0. The van der Waals surface area contributed by atoms with Gasteiger partial charge in [0, 0.05) is 5.56 Å². The lowest BCUT2D eigenvalue weighted by atomic mass is 10.1. The Hall–Kier alpha value is -4.20. The third-order valence-electron chi connectivity index (χ3n) is 4.57. The number of carbonyl (C=O) groups is 2. The van der Waals surface area contributed by atoms with Crippen LogP contribution in [0.5, 0.6) is 17.2 Å². The fourth-order valence-corrected chi connectivity index (χ4v) is 2.87. The minimum absolute atomic E-state index is 0.0708. The Morgan fingerprint density at radius 2 is 1.69 bits per heavy atom. The standard InChI is InChI=1S/C24H24N2O6/c1-29-18-9-6-16(7-10-18)13-20(24(28)25-15-19-5-4-12-32-19)26-23(27)17-8-11-21(30-2)22(14-17)31-3/h4-14H,15H2,1-3H3,(H,25,28)(H,26,27)/b20-13-. The number of hydrogen-bond acceptors (Lipinski definition) is 6. The van der Waals surface area contributed by atoms with Crippen molar-refractivity contribution in [1.82, 2.24) is 10.6 Å². The molecule has 0 aliphatic rings. The molecule has 3 aromatic rings. The molecule has 0 atom stereocenters. The van der Waals surface area contributed by atoms with Crippen LogP contribution in [0.25, 0.3) is 6.08 Å². The van der Waals surface area contributed by atoms with Gasteiger partial charge in [-0.05, 0) is 54.1 Å². The normalized spacial score (nSPS) is 10.9. The highest BCUT2D eigenvalue weighted by molar-refractivity contribution is 6.05. The summed E-state index contributed by atoms with van der Waals surface area (Å²) in [5.41, 5.74) is 1.09. The SMILES string of the molecule is COc1ccc(/C=C(\NC(=O)c2ccc(OC)c(OC)c2)C(=O)NCc2ccco2)cc1. The van der Waals surface area contributed by atoms with Crippen LogP contribution in [0, 0.1) is 0 Å². The average Bonchev–Trinajstić information content (AvgIpc) is 3.35. The molecular weight excluding hydrogens is 412 g/mol. The van der Waals surface area contributed by atoms with Crippen LogP contribution in [0.4, 0.5) is 0 Å². The van der Waals surface area contributed by atoms with Crippen molar-refractivity contribution in [3.63, 3.8) is 0 Å². The largest absolute Gasteiger partial charge is 0.497 e. The average molecular weight is 436 g/mol. The first-order chi connectivity index (χ1) is 15.5. The third-order valence-corrected chi connectivity index (χ3v) is 4.57. The molecule has 0 saturated carbocycles. The molecule has 32 heavy (non-hydrogen) atoms. The van der Waals surface area contributed by atoms with E-state index in [0.717, 1.165) is 0 Å². The van der Waals surface area contributed by atoms with Gasteiger partial charge in [-0.2, -0.15) is 0 Å². The van der Waals surface area contributed by atoms with Crippen molar-refractivity contribution in [2.24, 2.45) is 0 Å². The van der Waals surface area contributed by atoms with Gasteiger partial charge in [0.25, 0.3) is 11.8 Å². The van der Waals surface area contributed by atoms with E-state index in [1.165, 1.54) is 20.5 Å². The molecule has 8 heteroatoms. The molecule has 3 rings (SSSR count). The third kappa shape index (κ3) is 5.69. The van der Waals surface area contributed by atoms with Crippen molar-refractivity contribution in [1.29, 1.82) is 0 Å². The summed E-state index contributed by atoms with van der Waals surface area (Å²) in [6.07, 6.45) is 3.10. The maximum absolute atomic E-state index is 12.9. The Morgan fingerprint density at radius 1 is 0.938 bits per heavy atom. The Morgan fingerprint density at radius 3 is 2.31 bits per heavy atom. The summed E-state index contributed by atoms with van der Waals surface area (Å²) in [6, 6.07) is 15.3. The van der Waals surface area contributed by atoms with E-state index < -0.39 is 11.8 Å². The van der Waals surface area contributed by atoms with E-state index in [-0.39, 0.29) is 12.2 Å². The lowest BCUT2D eigenvalue weighted by Gasteiger charge is -2.12. The minimum Gasteiger partial charge on any atom is -0.497 e. The van der Waals surface area contributed by atoms with Crippen LogP contribution < -0.4 is 24.8 Å². The summed E-state index contributed by atoms with van der Waals surface area (Å²) in [6.45, 7) is 0.179. The highest BCUT2D eigenvalue weighted by Gasteiger charge is 2.17. The number of nitrogens with one attached hydrogen (secondary N) is 2. The van der Waals surface area contributed by atoms with Crippen LogP contribution in [-0.4, -0.2) is 33.1 Å². The van der Waals surface area contributed by atoms with Crippen molar-refractivity contribution < 1.29 is 28.2 Å². The smallest absolute Gasteiger partial charge is 0.268 e. The lowest BCUT2D eigenvalue weighted by molar-refractivity contribution is -0.118. The van der Waals surface area contributed by atoms with Gasteiger partial charge in [-0.1, -0.05) is 12.1 Å². The monoisotopic (exact) mass is 436 g/mol. The second kappa shape index (κ2) is 10.7. The van der Waals surface area contributed by atoms with E-state index in [2.05, 4.69) is 10.6 Å². The number of amides is 2. The molecule has 0 aliphatic heterocycles. The Bertz CT molecular complexity index is 1090. The van der Waals surface area contributed by atoms with Crippen molar-refractivity contribution in [3.05, 3.63) is 83.4 Å². The van der Waals surface area contributed by atoms with E-state index in [4.69, 9.17) is 18.6 Å². The molecule has 2 amide bonds. The van der Waals surface area contributed by atoms with E-state index in [0.29, 0.717) is 34.1 Å². The first kappa shape index (κ1) is 22.5. The first-order valence-corrected chi connectivity index (χ1v) is 9.73. The minimum atomic E-state index is -0.473. The summed E-state index contributed by atoms with van der Waals surface area (Å²) in [5, 5.41) is 5.42. The number of furan rings is 1. The summed E-state index contributed by atoms with van der Waals surface area (Å²) in [5.74, 6) is 1.23. The van der Waals surface area contributed by atoms with Crippen molar-refractivity contribution in [2.45, 2.75) is 6.54 Å². The van der Waals surface area contributed by atoms with Crippen molar-refractivity contribution >= 4 is 17.9 Å². The van der Waals surface area contributed by atoms with Crippen molar-refractivity contribution in [2.75, 3.05) is 21.3 Å². The van der Waals surface area contributed by atoms with Gasteiger partial charge in [-0.25, -0.2) is 0 Å². The number of hydrogen-bond donors (Lipinski definition) is 2. The molecule has 1 heterocycles. The summed E-state index contributed by atoms with van der Waals surface area (Å²) in [4.78, 5) is 25.7. The number of benzene rings is 2. The van der Waals surface area contributed by atoms with Gasteiger partial charge < -0.3 is 29.3 Å². The number of ether oxygens (including phenoxy) is 3. The number of methoxy groups -OCH3 is 3. The van der Waals surface area contributed by atoms with E-state index in [1.54, 1.807) is 67.8 Å². The van der Waals surface area contributed by atoms with Crippen molar-refractivity contribution in [3.8, 4) is 17.2 Å². The predicted molar refractivity (Wildman–Crippen MR) is 119 cm³/mol. The van der Waals surface area contributed by atoms with Crippen LogP contribution >= 0.6 is 0 Å². The zero-order valence-electron chi connectivity index (χ0n) is 18.0. The fourth-order valence-electron chi connectivity index (χ4n) is 2.87. The molecule has 166 valence electrons. The summed E-state index contributed by atoms with van der Waals surface area (Å²) >= 11 is 0. The van der Waals surface area contributed by atoms with Gasteiger partial charge >= 0.3 is 0 Å². The maximum atomic E-state index is 12.9. The first-order valence-electron chi connectivity index (χ1n) is 9.73. The van der Waals surface area contributed by atoms with Gasteiger partial charge in [0.05, 0.1) is 34.1 Å². The van der Waals surface area contributed by atoms with Crippen LogP contribution in [-0.2, 0) is 11.3 Å². The molecular formula is C24H24N2O6. The van der Waals surface area contributed by atoms with E-state index in [1.807, 2.05) is 0 Å². The highest BCUT2D eigenvalue weighted by Crippen LogP contribution is 2.27. The van der Waals surface area contributed by atoms with E-state index >= 15 is 0 Å². The van der Waals surface area contributed by atoms with Crippen LogP contribution in [0.2, 0.25) is 0 Å². The number of rotatable bonds is 9. The van der Waals surface area contributed by atoms with Gasteiger partial charge in [-0.3, -0.25) is 9.59 Å². The molecule has 2 aromatic carbocycles. The molecule has 0 saturated heterocycles. The van der Waals surface area contributed by atoms with E-state index in [9.17, 15) is 9.59 Å². The highest BCUT2D eigenvalue weighted by atomic mass is 16.5. The summed E-state index contributed by atoms with van der Waals surface area (Å²) < 4.78 is 20.9. The van der Waals surface area contributed by atoms with Crippen LogP contribution in [0.3, 0.4) is 0 Å². The predicted octanol–water partition coefficient (Wildman–Crippen LogP) is 3.39. The maximum Gasteiger partial charge on any atom is 0.268 e. The second-order valence-corrected chi connectivity index (χ2v) is 6.62. The molecule has 0 radical (unpaired) electrons. The molecule has 0 unspecified atom stereocenters. The molecule has 1 aromatic heterocycles. The molecule has 0 aliphatic carbocycles.